The first-order valence-corrected chi connectivity index (χ1v) is 9.31. The molecule has 1 saturated heterocycles. The molecule has 3 aromatic heterocycles. The highest BCUT2D eigenvalue weighted by atomic mass is 32.2. The lowest BCUT2D eigenvalue weighted by Gasteiger charge is -2.10. The summed E-state index contributed by atoms with van der Waals surface area (Å²) in [6.07, 6.45) is 3.85. The van der Waals surface area contributed by atoms with E-state index in [4.69, 9.17) is 0 Å². The summed E-state index contributed by atoms with van der Waals surface area (Å²) < 4.78 is 25.4. The molecule has 9 nitrogen and oxygen atoms in total. The van der Waals surface area contributed by atoms with Gasteiger partial charge in [0, 0.05) is 18.0 Å². The lowest BCUT2D eigenvalue weighted by Crippen LogP contribution is -2.14. The zero-order valence-electron chi connectivity index (χ0n) is 12.9. The van der Waals surface area contributed by atoms with Gasteiger partial charge in [-0.3, -0.25) is 4.98 Å². The molecule has 0 amide bonds. The van der Waals surface area contributed by atoms with Crippen molar-refractivity contribution in [3.05, 3.63) is 30.2 Å². The largest absolute Gasteiger partial charge is 0.265 e. The number of nitrogens with one attached hydrogen (secondary N) is 1. The number of aromatic amines is 1. The number of aryl methyl sites for hydroxylation is 1. The van der Waals surface area contributed by atoms with Crippen LogP contribution in [0.5, 0.6) is 0 Å². The fourth-order valence-corrected chi connectivity index (χ4v) is 4.52. The SMILES string of the molecule is Cc1n[nH]nc1-c1nc(-c2ccncc2)nn1C1CCS(=O)(=O)C1. The van der Waals surface area contributed by atoms with Gasteiger partial charge in [0.1, 0.15) is 0 Å². The Kier molecular flexibility index (Phi) is 3.41. The molecule has 0 aliphatic carbocycles. The monoisotopic (exact) mass is 345 g/mol. The third-order valence-corrected chi connectivity index (χ3v) is 5.81. The van der Waals surface area contributed by atoms with E-state index in [2.05, 4.69) is 30.5 Å². The van der Waals surface area contributed by atoms with Crippen molar-refractivity contribution in [1.29, 1.82) is 0 Å². The number of hydrogen-bond acceptors (Lipinski definition) is 7. The van der Waals surface area contributed by atoms with Gasteiger partial charge in [-0.1, -0.05) is 0 Å². The van der Waals surface area contributed by atoms with Crippen molar-refractivity contribution in [3.63, 3.8) is 0 Å². The van der Waals surface area contributed by atoms with E-state index in [1.54, 1.807) is 17.1 Å². The highest BCUT2D eigenvalue weighted by molar-refractivity contribution is 7.91. The predicted octanol–water partition coefficient (Wildman–Crippen LogP) is 0.793. The van der Waals surface area contributed by atoms with Crippen molar-refractivity contribution in [3.8, 4) is 22.9 Å². The highest BCUT2D eigenvalue weighted by Gasteiger charge is 2.33. The Morgan fingerprint density at radius 2 is 2.04 bits per heavy atom. The summed E-state index contributed by atoms with van der Waals surface area (Å²) in [5, 5.41) is 15.3. The molecule has 1 aliphatic heterocycles. The van der Waals surface area contributed by atoms with Crippen LogP contribution in [0.4, 0.5) is 0 Å². The van der Waals surface area contributed by atoms with Crippen LogP contribution in [0, 0.1) is 6.92 Å². The Labute approximate surface area is 138 Å². The Morgan fingerprint density at radius 3 is 2.67 bits per heavy atom. The molecule has 0 spiro atoms. The summed E-state index contributed by atoms with van der Waals surface area (Å²) >= 11 is 0. The van der Waals surface area contributed by atoms with Crippen LogP contribution in [-0.2, 0) is 9.84 Å². The number of rotatable bonds is 3. The molecule has 0 bridgehead atoms. The van der Waals surface area contributed by atoms with Crippen LogP contribution in [-0.4, -0.2) is 55.1 Å². The van der Waals surface area contributed by atoms with Crippen LogP contribution >= 0.6 is 0 Å². The van der Waals surface area contributed by atoms with Gasteiger partial charge in [0.15, 0.2) is 27.2 Å². The van der Waals surface area contributed by atoms with E-state index in [0.29, 0.717) is 29.5 Å². The second-order valence-electron chi connectivity index (χ2n) is 5.75. The van der Waals surface area contributed by atoms with Crippen LogP contribution in [0.3, 0.4) is 0 Å². The number of aromatic nitrogens is 7. The van der Waals surface area contributed by atoms with Crippen molar-refractivity contribution in [2.24, 2.45) is 0 Å². The lowest BCUT2D eigenvalue weighted by molar-refractivity contribution is 0.504. The van der Waals surface area contributed by atoms with Crippen LogP contribution < -0.4 is 0 Å². The molecule has 124 valence electrons. The van der Waals surface area contributed by atoms with Crippen LogP contribution in [0.1, 0.15) is 18.2 Å². The summed E-state index contributed by atoms with van der Waals surface area (Å²) in [7, 11) is -3.04. The fraction of sp³-hybridized carbons (Fsp3) is 0.357. The smallest absolute Gasteiger partial charge is 0.181 e. The van der Waals surface area contributed by atoms with Crippen LogP contribution in [0.25, 0.3) is 22.9 Å². The molecule has 1 aliphatic rings. The summed E-state index contributed by atoms with van der Waals surface area (Å²) in [5.41, 5.74) is 2.07. The van der Waals surface area contributed by atoms with Crippen molar-refractivity contribution >= 4 is 9.84 Å². The third kappa shape index (κ3) is 2.58. The average molecular weight is 345 g/mol. The number of nitrogens with zero attached hydrogens (tertiary/aromatic N) is 6. The molecule has 0 aromatic carbocycles. The van der Waals surface area contributed by atoms with E-state index in [1.807, 2.05) is 19.1 Å². The van der Waals surface area contributed by atoms with Gasteiger partial charge in [0.05, 0.1) is 23.2 Å². The van der Waals surface area contributed by atoms with Crippen molar-refractivity contribution in [1.82, 2.24) is 35.2 Å². The zero-order valence-corrected chi connectivity index (χ0v) is 13.7. The second kappa shape index (κ2) is 5.48. The number of H-pyrrole nitrogens is 1. The molecule has 0 saturated carbocycles. The van der Waals surface area contributed by atoms with Gasteiger partial charge in [0.2, 0.25) is 0 Å². The summed E-state index contributed by atoms with van der Waals surface area (Å²) in [4.78, 5) is 8.57. The maximum atomic E-state index is 11.9. The third-order valence-electron chi connectivity index (χ3n) is 4.06. The standard InChI is InChI=1S/C14H15N7O2S/c1-9-12(18-20-17-9)14-16-13(10-2-5-15-6-3-10)19-21(14)11-4-7-24(22,23)8-11/h2-3,5-6,11H,4,7-8H2,1H3,(H,17,18,20). The Morgan fingerprint density at radius 1 is 1.25 bits per heavy atom. The van der Waals surface area contributed by atoms with Crippen molar-refractivity contribution < 1.29 is 8.42 Å². The van der Waals surface area contributed by atoms with E-state index >= 15 is 0 Å². The van der Waals surface area contributed by atoms with Crippen LogP contribution in [0.15, 0.2) is 24.5 Å². The summed E-state index contributed by atoms with van der Waals surface area (Å²) in [6.45, 7) is 1.81. The van der Waals surface area contributed by atoms with E-state index in [-0.39, 0.29) is 17.5 Å². The van der Waals surface area contributed by atoms with E-state index in [9.17, 15) is 8.42 Å². The van der Waals surface area contributed by atoms with E-state index < -0.39 is 9.84 Å². The van der Waals surface area contributed by atoms with Gasteiger partial charge in [-0.2, -0.15) is 20.5 Å². The minimum Gasteiger partial charge on any atom is -0.265 e. The minimum absolute atomic E-state index is 0.0655. The Bertz CT molecular complexity index is 978. The van der Waals surface area contributed by atoms with Gasteiger partial charge in [0.25, 0.3) is 0 Å². The highest BCUT2D eigenvalue weighted by Crippen LogP contribution is 2.30. The van der Waals surface area contributed by atoms with E-state index in [0.717, 1.165) is 5.56 Å². The predicted molar refractivity (Wildman–Crippen MR) is 85.7 cm³/mol. The first-order valence-electron chi connectivity index (χ1n) is 7.48. The van der Waals surface area contributed by atoms with Gasteiger partial charge in [-0.25, -0.2) is 18.1 Å². The van der Waals surface area contributed by atoms with E-state index in [1.165, 1.54) is 0 Å². The fourth-order valence-electron chi connectivity index (χ4n) is 2.83. The second-order valence-corrected chi connectivity index (χ2v) is 7.98. The quantitative estimate of drug-likeness (QED) is 0.745. The Hall–Kier alpha value is -2.62. The lowest BCUT2D eigenvalue weighted by atomic mass is 10.2. The molecule has 10 heteroatoms. The Balaban J connectivity index is 1.85. The molecule has 3 aromatic rings. The molecule has 1 atom stereocenters. The zero-order chi connectivity index (χ0) is 16.7. The average Bonchev–Trinajstić information content (AvgIpc) is 3.26. The first kappa shape index (κ1) is 14.9. The first-order chi connectivity index (χ1) is 11.5. The molecule has 4 heterocycles. The maximum absolute atomic E-state index is 11.9. The number of hydrogen-bond donors (Lipinski definition) is 1. The molecular formula is C14H15N7O2S. The minimum atomic E-state index is -3.04. The van der Waals surface area contributed by atoms with Crippen molar-refractivity contribution in [2.75, 3.05) is 11.5 Å². The molecular weight excluding hydrogens is 330 g/mol. The molecule has 0 radical (unpaired) electrons. The van der Waals surface area contributed by atoms with Crippen LogP contribution in [0.2, 0.25) is 0 Å². The molecule has 24 heavy (non-hydrogen) atoms. The van der Waals surface area contributed by atoms with Gasteiger partial charge < -0.3 is 0 Å². The maximum Gasteiger partial charge on any atom is 0.181 e. The summed E-state index contributed by atoms with van der Waals surface area (Å²) in [5.74, 6) is 1.27. The van der Waals surface area contributed by atoms with Gasteiger partial charge in [-0.05, 0) is 25.5 Å². The van der Waals surface area contributed by atoms with Gasteiger partial charge >= 0.3 is 0 Å². The molecule has 1 unspecified atom stereocenters. The molecule has 1 N–H and O–H groups in total. The normalized spacial score (nSPS) is 19.6. The number of pyridine rings is 1. The molecule has 4 rings (SSSR count). The van der Waals surface area contributed by atoms with Gasteiger partial charge in [-0.15, -0.1) is 0 Å². The summed E-state index contributed by atoms with van der Waals surface area (Å²) in [6, 6.07) is 3.37. The van der Waals surface area contributed by atoms with Crippen molar-refractivity contribution in [2.45, 2.75) is 19.4 Å². The number of sulfone groups is 1. The molecule has 1 fully saturated rings. The topological polar surface area (TPSA) is 119 Å².